The van der Waals surface area contributed by atoms with Crippen LogP contribution in [0.25, 0.3) is 0 Å². The molecule has 0 N–H and O–H groups in total. The third-order valence-corrected chi connectivity index (χ3v) is 2.56. The van der Waals surface area contributed by atoms with E-state index in [2.05, 4.69) is 0 Å². The molecule has 0 aromatic carbocycles. The Morgan fingerprint density at radius 3 is 2.24 bits per heavy atom. The van der Waals surface area contributed by atoms with Gasteiger partial charge in [0.2, 0.25) is 5.92 Å². The zero-order valence-corrected chi connectivity index (χ0v) is 10.6. The Hall–Kier alpha value is -1.10. The van der Waals surface area contributed by atoms with Crippen LogP contribution in [0.15, 0.2) is 0 Å². The van der Waals surface area contributed by atoms with Crippen LogP contribution in [-0.4, -0.2) is 29.4 Å². The molecule has 0 aromatic heterocycles. The molecule has 1 saturated heterocycles. The number of ether oxygens (including phenoxy) is 2. The maximum atomic E-state index is 11.7. The molecular weight excluding hydrogens is 248 g/mol. The number of carbonyl (C=O) groups is 3. The van der Waals surface area contributed by atoms with E-state index in [9.17, 15) is 14.4 Å². The molecule has 0 bridgehead atoms. The van der Waals surface area contributed by atoms with Gasteiger partial charge in [0.05, 0.1) is 0 Å². The number of Topliss-reactive ketones (excluding diaryl/α,β-unsaturated/α-hetero) is 1. The fourth-order valence-corrected chi connectivity index (χ4v) is 1.71. The van der Waals surface area contributed by atoms with E-state index in [-0.39, 0.29) is 6.42 Å². The molecule has 96 valence electrons. The summed E-state index contributed by atoms with van der Waals surface area (Å²) >= 11 is 5.47. The molecular formula is C11H15ClO5. The van der Waals surface area contributed by atoms with Gasteiger partial charge in [0.1, 0.15) is 0 Å². The molecule has 1 aliphatic rings. The topological polar surface area (TPSA) is 69.7 Å². The number of unbranched alkanes of at least 4 members (excludes halogenated alkanes) is 1. The fourth-order valence-electron chi connectivity index (χ4n) is 1.52. The molecule has 0 radical (unpaired) electrons. The molecule has 0 unspecified atom stereocenters. The summed E-state index contributed by atoms with van der Waals surface area (Å²) in [5.74, 6) is -4.41. The van der Waals surface area contributed by atoms with E-state index in [0.29, 0.717) is 18.7 Å². The SMILES string of the molecule is CC1(C)OC(=O)C(C(=O)CCCCCl)C(=O)O1. The lowest BCUT2D eigenvalue weighted by molar-refractivity contribution is -0.238. The van der Waals surface area contributed by atoms with Crippen molar-refractivity contribution in [2.24, 2.45) is 5.92 Å². The molecule has 6 heteroatoms. The average Bonchev–Trinajstić information content (AvgIpc) is 2.14. The van der Waals surface area contributed by atoms with Crippen molar-refractivity contribution < 1.29 is 23.9 Å². The molecule has 1 rings (SSSR count). The van der Waals surface area contributed by atoms with Gasteiger partial charge in [-0.25, -0.2) is 0 Å². The molecule has 0 amide bonds. The molecule has 1 aliphatic heterocycles. The summed E-state index contributed by atoms with van der Waals surface area (Å²) in [5.41, 5.74) is 0. The maximum Gasteiger partial charge on any atom is 0.331 e. The van der Waals surface area contributed by atoms with Crippen LogP contribution < -0.4 is 0 Å². The lowest BCUT2D eigenvalue weighted by Crippen LogP contribution is -2.49. The Morgan fingerprint density at radius 1 is 1.24 bits per heavy atom. The standard InChI is InChI=1S/C11H15ClO5/c1-11(2)16-9(14)8(10(15)17-11)7(13)5-3-4-6-12/h8H,3-6H2,1-2H3. The smallest absolute Gasteiger partial charge is 0.331 e. The first kappa shape index (κ1) is 14.0. The Balaban J connectivity index is 2.62. The molecule has 1 heterocycles. The molecule has 0 atom stereocenters. The average molecular weight is 263 g/mol. The normalized spacial score (nSPS) is 19.7. The van der Waals surface area contributed by atoms with Crippen molar-refractivity contribution in [1.29, 1.82) is 0 Å². The summed E-state index contributed by atoms with van der Waals surface area (Å²) in [6, 6.07) is 0. The highest BCUT2D eigenvalue weighted by molar-refractivity contribution is 6.18. The van der Waals surface area contributed by atoms with E-state index in [1.54, 1.807) is 0 Å². The van der Waals surface area contributed by atoms with Gasteiger partial charge in [-0.1, -0.05) is 0 Å². The lowest BCUT2D eigenvalue weighted by atomic mass is 9.98. The molecule has 17 heavy (non-hydrogen) atoms. The van der Waals surface area contributed by atoms with Gasteiger partial charge < -0.3 is 9.47 Å². The minimum atomic E-state index is -1.43. The molecule has 0 saturated carbocycles. The van der Waals surface area contributed by atoms with Gasteiger partial charge in [-0.3, -0.25) is 14.4 Å². The minimum Gasteiger partial charge on any atom is -0.422 e. The highest BCUT2D eigenvalue weighted by atomic mass is 35.5. The van der Waals surface area contributed by atoms with Crippen LogP contribution in [0.5, 0.6) is 0 Å². The van der Waals surface area contributed by atoms with E-state index in [0.717, 1.165) is 0 Å². The molecule has 0 aromatic rings. The lowest BCUT2D eigenvalue weighted by Gasteiger charge is -2.32. The number of cyclic esters (lactones) is 2. The van der Waals surface area contributed by atoms with E-state index in [4.69, 9.17) is 21.1 Å². The number of rotatable bonds is 5. The van der Waals surface area contributed by atoms with Crippen LogP contribution in [0.2, 0.25) is 0 Å². The Morgan fingerprint density at radius 2 is 1.76 bits per heavy atom. The largest absolute Gasteiger partial charge is 0.422 e. The van der Waals surface area contributed by atoms with E-state index in [1.807, 2.05) is 0 Å². The number of halogens is 1. The summed E-state index contributed by atoms with van der Waals surface area (Å²) in [4.78, 5) is 34.7. The zero-order chi connectivity index (χ0) is 13.1. The second kappa shape index (κ2) is 5.49. The number of hydrogen-bond acceptors (Lipinski definition) is 5. The van der Waals surface area contributed by atoms with Crippen LogP contribution in [0.1, 0.15) is 33.1 Å². The molecule has 1 fully saturated rings. The van der Waals surface area contributed by atoms with Crippen molar-refractivity contribution in [2.45, 2.75) is 38.9 Å². The van der Waals surface area contributed by atoms with Gasteiger partial charge in [-0.15, -0.1) is 11.6 Å². The predicted molar refractivity (Wildman–Crippen MR) is 59.3 cm³/mol. The van der Waals surface area contributed by atoms with Crippen molar-refractivity contribution in [3.05, 3.63) is 0 Å². The highest BCUT2D eigenvalue weighted by Gasteiger charge is 2.46. The Labute approximate surface area is 104 Å². The van der Waals surface area contributed by atoms with Gasteiger partial charge in [-0.2, -0.15) is 0 Å². The predicted octanol–water partition coefficient (Wildman–Crippen LogP) is 1.42. The number of carbonyl (C=O) groups excluding carboxylic acids is 3. The Bertz CT molecular complexity index is 317. The van der Waals surface area contributed by atoms with Crippen molar-refractivity contribution >= 4 is 29.3 Å². The van der Waals surface area contributed by atoms with Crippen molar-refractivity contribution in [2.75, 3.05) is 5.88 Å². The first-order valence-electron chi connectivity index (χ1n) is 5.42. The number of hydrogen-bond donors (Lipinski definition) is 0. The number of alkyl halides is 1. The molecule has 0 aliphatic carbocycles. The third-order valence-electron chi connectivity index (χ3n) is 2.29. The Kier molecular flexibility index (Phi) is 4.51. The third kappa shape index (κ3) is 3.70. The van der Waals surface area contributed by atoms with Crippen LogP contribution in [0.4, 0.5) is 0 Å². The van der Waals surface area contributed by atoms with Gasteiger partial charge in [0.15, 0.2) is 5.78 Å². The fraction of sp³-hybridized carbons (Fsp3) is 0.727. The van der Waals surface area contributed by atoms with E-state index < -0.39 is 29.4 Å². The van der Waals surface area contributed by atoms with Crippen LogP contribution >= 0.6 is 11.6 Å². The molecule has 0 spiro atoms. The number of ketones is 1. The summed E-state index contributed by atoms with van der Waals surface area (Å²) in [6.45, 7) is 2.88. The maximum absolute atomic E-state index is 11.7. The van der Waals surface area contributed by atoms with Crippen LogP contribution in [-0.2, 0) is 23.9 Å². The van der Waals surface area contributed by atoms with Crippen LogP contribution in [0, 0.1) is 5.92 Å². The first-order valence-corrected chi connectivity index (χ1v) is 5.95. The summed E-state index contributed by atoms with van der Waals surface area (Å²) in [7, 11) is 0. The minimum absolute atomic E-state index is 0.127. The number of esters is 2. The second-order valence-corrected chi connectivity index (χ2v) is 4.67. The first-order chi connectivity index (χ1) is 7.87. The van der Waals surface area contributed by atoms with E-state index >= 15 is 0 Å². The van der Waals surface area contributed by atoms with Crippen molar-refractivity contribution in [3.8, 4) is 0 Å². The van der Waals surface area contributed by atoms with Gasteiger partial charge in [0, 0.05) is 26.1 Å². The van der Waals surface area contributed by atoms with Gasteiger partial charge in [0.25, 0.3) is 5.79 Å². The van der Waals surface area contributed by atoms with Crippen molar-refractivity contribution in [1.82, 2.24) is 0 Å². The van der Waals surface area contributed by atoms with Crippen molar-refractivity contribution in [3.63, 3.8) is 0 Å². The zero-order valence-electron chi connectivity index (χ0n) is 9.82. The second-order valence-electron chi connectivity index (χ2n) is 4.29. The summed E-state index contributed by atoms with van der Waals surface area (Å²) in [6.07, 6.45) is 1.33. The monoisotopic (exact) mass is 262 g/mol. The summed E-state index contributed by atoms with van der Waals surface area (Å²) in [5, 5.41) is 0. The van der Waals surface area contributed by atoms with E-state index in [1.165, 1.54) is 13.8 Å². The van der Waals surface area contributed by atoms with Crippen LogP contribution in [0.3, 0.4) is 0 Å². The summed E-state index contributed by atoms with van der Waals surface area (Å²) < 4.78 is 9.71. The molecule has 5 nitrogen and oxygen atoms in total. The highest BCUT2D eigenvalue weighted by Crippen LogP contribution is 2.24. The quantitative estimate of drug-likeness (QED) is 0.324. The van der Waals surface area contributed by atoms with Gasteiger partial charge >= 0.3 is 11.9 Å². The van der Waals surface area contributed by atoms with Gasteiger partial charge in [-0.05, 0) is 12.8 Å².